The summed E-state index contributed by atoms with van der Waals surface area (Å²) in [7, 11) is 0. The van der Waals surface area contributed by atoms with Gasteiger partial charge in [-0.15, -0.1) is 11.6 Å². The van der Waals surface area contributed by atoms with E-state index in [2.05, 4.69) is 18.2 Å². The lowest BCUT2D eigenvalue weighted by Gasteiger charge is -2.31. The van der Waals surface area contributed by atoms with Gasteiger partial charge in [-0.25, -0.2) is 0 Å². The maximum atomic E-state index is 5.95. The third kappa shape index (κ3) is 2.06. The fourth-order valence-corrected chi connectivity index (χ4v) is 2.97. The second kappa shape index (κ2) is 4.29. The van der Waals surface area contributed by atoms with E-state index in [9.17, 15) is 0 Å². The van der Waals surface area contributed by atoms with Crippen LogP contribution in [-0.4, -0.2) is 11.5 Å². The Morgan fingerprint density at radius 2 is 1.81 bits per heavy atom. The molecule has 0 unspecified atom stereocenters. The van der Waals surface area contributed by atoms with Gasteiger partial charge < -0.3 is 4.74 Å². The normalized spacial score (nSPS) is 28.1. The number of benzene rings is 1. The summed E-state index contributed by atoms with van der Waals surface area (Å²) in [6.45, 7) is 0. The van der Waals surface area contributed by atoms with Crippen molar-refractivity contribution >= 4 is 11.6 Å². The van der Waals surface area contributed by atoms with Crippen molar-refractivity contribution < 1.29 is 4.74 Å². The van der Waals surface area contributed by atoms with Crippen molar-refractivity contribution in [3.05, 3.63) is 29.3 Å². The monoisotopic (exact) mass is 236 g/mol. The molecule has 1 aromatic carbocycles. The summed E-state index contributed by atoms with van der Waals surface area (Å²) >= 11 is 5.95. The molecule has 0 aromatic heterocycles. The zero-order chi connectivity index (χ0) is 11.0. The topological polar surface area (TPSA) is 9.23 Å². The van der Waals surface area contributed by atoms with Crippen LogP contribution in [0.15, 0.2) is 18.2 Å². The molecule has 1 aromatic rings. The van der Waals surface area contributed by atoms with Crippen molar-refractivity contribution in [1.29, 1.82) is 0 Å². The number of ether oxygens (including phenoxy) is 1. The summed E-state index contributed by atoms with van der Waals surface area (Å²) < 4.78 is 5.90. The van der Waals surface area contributed by atoms with Gasteiger partial charge in [-0.1, -0.05) is 6.07 Å². The minimum Gasteiger partial charge on any atom is -0.490 e. The molecule has 2 aliphatic rings. The van der Waals surface area contributed by atoms with E-state index >= 15 is 0 Å². The van der Waals surface area contributed by atoms with Gasteiger partial charge in [-0.05, 0) is 48.9 Å². The number of halogens is 1. The van der Waals surface area contributed by atoms with Crippen LogP contribution in [0.2, 0.25) is 0 Å². The zero-order valence-corrected chi connectivity index (χ0v) is 10.2. The predicted octanol–water partition coefficient (Wildman–Crippen LogP) is 3.71. The molecule has 3 rings (SSSR count). The SMILES string of the molecule is ClC1CC(Oc2ccc3c(c2)CCCC3)C1. The molecule has 0 bridgehead atoms. The Balaban J connectivity index is 1.71. The Kier molecular flexibility index (Phi) is 2.81. The van der Waals surface area contributed by atoms with Crippen LogP contribution in [0.25, 0.3) is 0 Å². The Labute approximate surface area is 102 Å². The molecule has 2 heteroatoms. The molecule has 0 saturated heterocycles. The first-order chi connectivity index (χ1) is 7.81. The van der Waals surface area contributed by atoms with E-state index in [1.165, 1.54) is 36.8 Å². The highest BCUT2D eigenvalue weighted by atomic mass is 35.5. The average molecular weight is 237 g/mol. The molecule has 0 aliphatic heterocycles. The zero-order valence-electron chi connectivity index (χ0n) is 9.42. The molecule has 0 N–H and O–H groups in total. The lowest BCUT2D eigenvalue weighted by molar-refractivity contribution is 0.124. The van der Waals surface area contributed by atoms with Gasteiger partial charge in [0, 0.05) is 18.2 Å². The van der Waals surface area contributed by atoms with Gasteiger partial charge in [-0.3, -0.25) is 0 Å². The summed E-state index contributed by atoms with van der Waals surface area (Å²) in [6, 6.07) is 6.59. The lowest BCUT2D eigenvalue weighted by Crippen LogP contribution is -2.34. The van der Waals surface area contributed by atoms with Crippen LogP contribution in [0.1, 0.15) is 36.8 Å². The number of fused-ring (bicyclic) bond motifs is 1. The Morgan fingerprint density at radius 3 is 2.56 bits per heavy atom. The number of rotatable bonds is 2. The Hall–Kier alpha value is -0.690. The summed E-state index contributed by atoms with van der Waals surface area (Å²) in [5, 5.41) is 0.336. The fourth-order valence-electron chi connectivity index (χ4n) is 2.57. The van der Waals surface area contributed by atoms with Crippen molar-refractivity contribution in [2.45, 2.75) is 50.0 Å². The van der Waals surface area contributed by atoms with Crippen molar-refractivity contribution in [2.75, 3.05) is 0 Å². The molecule has 86 valence electrons. The fraction of sp³-hybridized carbons (Fsp3) is 0.571. The molecular formula is C14H17ClO. The third-order valence-corrected chi connectivity index (χ3v) is 4.02. The number of alkyl halides is 1. The molecule has 16 heavy (non-hydrogen) atoms. The van der Waals surface area contributed by atoms with Crippen molar-refractivity contribution in [3.8, 4) is 5.75 Å². The van der Waals surface area contributed by atoms with Gasteiger partial charge in [0.05, 0.1) is 0 Å². The maximum Gasteiger partial charge on any atom is 0.120 e. The summed E-state index contributed by atoms with van der Waals surface area (Å²) in [5.41, 5.74) is 3.01. The van der Waals surface area contributed by atoms with Gasteiger partial charge in [0.2, 0.25) is 0 Å². The smallest absolute Gasteiger partial charge is 0.120 e. The maximum absolute atomic E-state index is 5.95. The summed E-state index contributed by atoms with van der Waals surface area (Å²) in [4.78, 5) is 0. The van der Waals surface area contributed by atoms with Crippen LogP contribution in [0, 0.1) is 0 Å². The number of hydrogen-bond acceptors (Lipinski definition) is 1. The first-order valence-electron chi connectivity index (χ1n) is 6.24. The second-order valence-corrected chi connectivity index (χ2v) is 5.56. The molecule has 0 radical (unpaired) electrons. The van der Waals surface area contributed by atoms with E-state index in [1.807, 2.05) is 0 Å². The Bertz CT molecular complexity index is 382. The van der Waals surface area contributed by atoms with Crippen molar-refractivity contribution in [2.24, 2.45) is 0 Å². The minimum absolute atomic E-state index is 0.336. The van der Waals surface area contributed by atoms with E-state index < -0.39 is 0 Å². The van der Waals surface area contributed by atoms with Gasteiger partial charge in [0.15, 0.2) is 0 Å². The average Bonchev–Trinajstić information content (AvgIpc) is 2.27. The number of hydrogen-bond donors (Lipinski definition) is 0. The number of aryl methyl sites for hydroxylation is 2. The highest BCUT2D eigenvalue weighted by Crippen LogP contribution is 2.31. The molecule has 0 amide bonds. The van der Waals surface area contributed by atoms with Crippen LogP contribution < -0.4 is 4.74 Å². The van der Waals surface area contributed by atoms with Crippen molar-refractivity contribution in [3.63, 3.8) is 0 Å². The molecular weight excluding hydrogens is 220 g/mol. The van der Waals surface area contributed by atoms with Gasteiger partial charge in [-0.2, -0.15) is 0 Å². The molecule has 0 spiro atoms. The van der Waals surface area contributed by atoms with E-state index in [1.54, 1.807) is 0 Å². The molecule has 0 atom stereocenters. The molecule has 1 fully saturated rings. The Morgan fingerprint density at radius 1 is 1.06 bits per heavy atom. The predicted molar refractivity (Wildman–Crippen MR) is 66.4 cm³/mol. The van der Waals surface area contributed by atoms with Crippen molar-refractivity contribution in [1.82, 2.24) is 0 Å². The van der Waals surface area contributed by atoms with Crippen LogP contribution >= 0.6 is 11.6 Å². The third-order valence-electron chi connectivity index (χ3n) is 3.66. The van der Waals surface area contributed by atoms with E-state index in [4.69, 9.17) is 16.3 Å². The van der Waals surface area contributed by atoms with E-state index in [0.29, 0.717) is 11.5 Å². The molecule has 1 nitrogen and oxygen atoms in total. The standard InChI is InChI=1S/C14H17ClO/c15-12-8-14(9-12)16-13-6-5-10-3-1-2-4-11(10)7-13/h5-7,12,14H,1-4,8-9H2. The highest BCUT2D eigenvalue weighted by Gasteiger charge is 2.29. The van der Waals surface area contributed by atoms with Gasteiger partial charge in [0.25, 0.3) is 0 Å². The quantitative estimate of drug-likeness (QED) is 0.712. The first kappa shape index (κ1) is 10.5. The largest absolute Gasteiger partial charge is 0.490 e. The minimum atomic E-state index is 0.336. The van der Waals surface area contributed by atoms with Crippen LogP contribution in [-0.2, 0) is 12.8 Å². The molecule has 1 saturated carbocycles. The summed E-state index contributed by atoms with van der Waals surface area (Å²) in [5.74, 6) is 1.04. The molecule has 0 heterocycles. The van der Waals surface area contributed by atoms with Gasteiger partial charge in [0.1, 0.15) is 11.9 Å². The van der Waals surface area contributed by atoms with Gasteiger partial charge >= 0.3 is 0 Å². The lowest BCUT2D eigenvalue weighted by atomic mass is 9.91. The van der Waals surface area contributed by atoms with Crippen LogP contribution in [0.5, 0.6) is 5.75 Å². The highest BCUT2D eigenvalue weighted by molar-refractivity contribution is 6.21. The first-order valence-corrected chi connectivity index (χ1v) is 6.67. The summed E-state index contributed by atoms with van der Waals surface area (Å²) in [6.07, 6.45) is 7.46. The van der Waals surface area contributed by atoms with E-state index in [-0.39, 0.29) is 0 Å². The van der Waals surface area contributed by atoms with Crippen LogP contribution in [0.4, 0.5) is 0 Å². The second-order valence-electron chi connectivity index (χ2n) is 4.95. The van der Waals surface area contributed by atoms with E-state index in [0.717, 1.165) is 18.6 Å². The van der Waals surface area contributed by atoms with Crippen LogP contribution in [0.3, 0.4) is 0 Å². The molecule has 2 aliphatic carbocycles.